The molecule has 1 aromatic carbocycles. The molecule has 1 aromatic rings. The first-order chi connectivity index (χ1) is 13.0. The van der Waals surface area contributed by atoms with Gasteiger partial charge in [-0.05, 0) is 49.3 Å². The van der Waals surface area contributed by atoms with Crippen molar-refractivity contribution in [3.05, 3.63) is 29.3 Å². The van der Waals surface area contributed by atoms with Crippen molar-refractivity contribution < 1.29 is 14.3 Å². The van der Waals surface area contributed by atoms with E-state index >= 15 is 0 Å². The molecule has 0 aromatic heterocycles. The minimum absolute atomic E-state index is 0.123. The standard InChI is InChI=1S/C19H29N5O3/c1-27-19(26)14-10-13(12-2-3-12)4-6-16(14)23-18(25)15(20)5-7-17(21)24-9-8-22-11-24/h4,6,10,12,15,17,22H,2-3,5,7-9,11,20-21H2,1H3,(H,23,25). The average Bonchev–Trinajstić information content (AvgIpc) is 3.38. The maximum Gasteiger partial charge on any atom is 0.339 e. The Morgan fingerprint density at radius 1 is 1.33 bits per heavy atom. The molecule has 6 N–H and O–H groups in total. The highest BCUT2D eigenvalue weighted by atomic mass is 16.5. The van der Waals surface area contributed by atoms with E-state index in [2.05, 4.69) is 15.5 Å². The molecule has 1 saturated heterocycles. The van der Waals surface area contributed by atoms with E-state index in [0.29, 0.717) is 30.0 Å². The number of hydrogen-bond acceptors (Lipinski definition) is 7. The summed E-state index contributed by atoms with van der Waals surface area (Å²) >= 11 is 0. The topological polar surface area (TPSA) is 123 Å². The molecular formula is C19H29N5O3. The molecule has 0 spiro atoms. The van der Waals surface area contributed by atoms with E-state index < -0.39 is 12.0 Å². The smallest absolute Gasteiger partial charge is 0.339 e. The zero-order valence-corrected chi connectivity index (χ0v) is 15.7. The van der Waals surface area contributed by atoms with Crippen LogP contribution in [0.1, 0.15) is 47.5 Å². The zero-order chi connectivity index (χ0) is 19.4. The van der Waals surface area contributed by atoms with Crippen LogP contribution in [0.25, 0.3) is 0 Å². The van der Waals surface area contributed by atoms with Gasteiger partial charge >= 0.3 is 5.97 Å². The van der Waals surface area contributed by atoms with Gasteiger partial charge in [0.05, 0.1) is 30.6 Å². The number of nitrogens with two attached hydrogens (primary N) is 2. The number of benzene rings is 1. The van der Waals surface area contributed by atoms with E-state index in [4.69, 9.17) is 16.2 Å². The highest BCUT2D eigenvalue weighted by Gasteiger charge is 2.26. The van der Waals surface area contributed by atoms with Crippen molar-refractivity contribution >= 4 is 17.6 Å². The highest BCUT2D eigenvalue weighted by molar-refractivity contribution is 6.02. The third-order valence-electron chi connectivity index (χ3n) is 5.23. The number of carbonyl (C=O) groups excluding carboxylic acids is 2. The van der Waals surface area contributed by atoms with Crippen LogP contribution in [-0.2, 0) is 9.53 Å². The van der Waals surface area contributed by atoms with Crippen LogP contribution in [0.5, 0.6) is 0 Å². The zero-order valence-electron chi connectivity index (χ0n) is 15.7. The summed E-state index contributed by atoms with van der Waals surface area (Å²) in [6.45, 7) is 2.59. The van der Waals surface area contributed by atoms with E-state index in [9.17, 15) is 9.59 Å². The number of carbonyl (C=O) groups is 2. The largest absolute Gasteiger partial charge is 0.465 e. The highest BCUT2D eigenvalue weighted by Crippen LogP contribution is 2.41. The van der Waals surface area contributed by atoms with E-state index in [1.807, 2.05) is 6.07 Å². The van der Waals surface area contributed by atoms with Crippen LogP contribution in [0.4, 0.5) is 5.69 Å². The Hall–Kier alpha value is -2.00. The number of ether oxygens (including phenoxy) is 1. The molecule has 8 heteroatoms. The molecule has 1 saturated carbocycles. The molecule has 0 bridgehead atoms. The molecule has 3 rings (SSSR count). The summed E-state index contributed by atoms with van der Waals surface area (Å²) in [5.41, 5.74) is 14.1. The number of anilines is 1. The third-order valence-corrected chi connectivity index (χ3v) is 5.23. The van der Waals surface area contributed by atoms with Gasteiger partial charge in [-0.2, -0.15) is 0 Å². The van der Waals surface area contributed by atoms with E-state index in [1.165, 1.54) is 7.11 Å². The molecule has 148 valence electrons. The fraction of sp³-hybridized carbons (Fsp3) is 0.579. The van der Waals surface area contributed by atoms with Crippen molar-refractivity contribution in [1.29, 1.82) is 0 Å². The molecule has 2 fully saturated rings. The Labute approximate surface area is 159 Å². The molecule has 1 aliphatic heterocycles. The number of rotatable bonds is 8. The lowest BCUT2D eigenvalue weighted by Crippen LogP contribution is -2.43. The minimum Gasteiger partial charge on any atom is -0.465 e. The molecule has 2 aliphatic rings. The number of methoxy groups -OCH3 is 1. The van der Waals surface area contributed by atoms with Gasteiger partial charge in [-0.25, -0.2) is 4.79 Å². The first-order valence-electron chi connectivity index (χ1n) is 9.48. The average molecular weight is 375 g/mol. The van der Waals surface area contributed by atoms with Gasteiger partial charge in [-0.3, -0.25) is 9.69 Å². The Balaban J connectivity index is 1.59. The van der Waals surface area contributed by atoms with Crippen molar-refractivity contribution in [3.8, 4) is 0 Å². The first-order valence-corrected chi connectivity index (χ1v) is 9.48. The first kappa shape index (κ1) is 19.8. The van der Waals surface area contributed by atoms with Crippen LogP contribution in [0.3, 0.4) is 0 Å². The number of nitrogens with one attached hydrogen (secondary N) is 2. The molecule has 0 radical (unpaired) electrons. The Morgan fingerprint density at radius 3 is 2.74 bits per heavy atom. The van der Waals surface area contributed by atoms with Crippen molar-refractivity contribution in [2.24, 2.45) is 11.5 Å². The van der Waals surface area contributed by atoms with Gasteiger partial charge in [-0.1, -0.05) is 6.07 Å². The second-order valence-electron chi connectivity index (χ2n) is 7.28. The van der Waals surface area contributed by atoms with E-state index in [0.717, 1.165) is 38.2 Å². The molecule has 2 unspecified atom stereocenters. The summed E-state index contributed by atoms with van der Waals surface area (Å²) in [5.74, 6) is -0.294. The fourth-order valence-electron chi connectivity index (χ4n) is 3.32. The lowest BCUT2D eigenvalue weighted by molar-refractivity contribution is -0.117. The lowest BCUT2D eigenvalue weighted by Gasteiger charge is -2.23. The summed E-state index contributed by atoms with van der Waals surface area (Å²) in [7, 11) is 1.33. The summed E-state index contributed by atoms with van der Waals surface area (Å²) in [5, 5.41) is 6.00. The quantitative estimate of drug-likeness (QED) is 0.489. The van der Waals surface area contributed by atoms with Gasteiger partial charge in [0, 0.05) is 19.8 Å². The van der Waals surface area contributed by atoms with Gasteiger partial charge in [0.2, 0.25) is 5.91 Å². The Morgan fingerprint density at radius 2 is 2.11 bits per heavy atom. The van der Waals surface area contributed by atoms with Gasteiger partial charge in [-0.15, -0.1) is 0 Å². The fourth-order valence-corrected chi connectivity index (χ4v) is 3.32. The number of nitrogens with zero attached hydrogens (tertiary/aromatic N) is 1. The van der Waals surface area contributed by atoms with Crippen LogP contribution >= 0.6 is 0 Å². The summed E-state index contributed by atoms with van der Waals surface area (Å²) in [4.78, 5) is 26.7. The van der Waals surface area contributed by atoms with Gasteiger partial charge in [0.25, 0.3) is 0 Å². The van der Waals surface area contributed by atoms with Gasteiger partial charge in [0.15, 0.2) is 0 Å². The predicted molar refractivity (Wildman–Crippen MR) is 103 cm³/mol. The lowest BCUT2D eigenvalue weighted by atomic mass is 10.0. The van der Waals surface area contributed by atoms with Crippen molar-refractivity contribution in [1.82, 2.24) is 10.2 Å². The van der Waals surface area contributed by atoms with Crippen LogP contribution in [-0.4, -0.2) is 55.9 Å². The summed E-state index contributed by atoms with van der Waals surface area (Å²) < 4.78 is 4.86. The molecule has 8 nitrogen and oxygen atoms in total. The molecule has 1 amide bonds. The second-order valence-corrected chi connectivity index (χ2v) is 7.28. The molecule has 2 atom stereocenters. The van der Waals surface area contributed by atoms with Crippen LogP contribution in [0.2, 0.25) is 0 Å². The van der Waals surface area contributed by atoms with Crippen LogP contribution in [0.15, 0.2) is 18.2 Å². The van der Waals surface area contributed by atoms with Crippen molar-refractivity contribution in [3.63, 3.8) is 0 Å². The minimum atomic E-state index is -0.694. The SMILES string of the molecule is COC(=O)c1cc(C2CC2)ccc1NC(=O)C(N)CCC(N)N1CCNC1. The number of hydrogen-bond donors (Lipinski definition) is 4. The normalized spacial score (nSPS) is 19.5. The maximum absolute atomic E-state index is 12.5. The van der Waals surface area contributed by atoms with Gasteiger partial charge in [0.1, 0.15) is 0 Å². The Kier molecular flexibility index (Phi) is 6.43. The number of amides is 1. The second kappa shape index (κ2) is 8.79. The van der Waals surface area contributed by atoms with Crippen molar-refractivity contribution in [2.75, 3.05) is 32.2 Å². The molecule has 27 heavy (non-hydrogen) atoms. The van der Waals surface area contributed by atoms with E-state index in [-0.39, 0.29) is 12.1 Å². The molecule has 1 heterocycles. The summed E-state index contributed by atoms with van der Waals surface area (Å²) in [6.07, 6.45) is 3.23. The molecular weight excluding hydrogens is 346 g/mol. The Bertz CT molecular complexity index is 686. The monoisotopic (exact) mass is 375 g/mol. The van der Waals surface area contributed by atoms with Crippen molar-refractivity contribution in [2.45, 2.75) is 43.8 Å². The van der Waals surface area contributed by atoms with Crippen LogP contribution in [0, 0.1) is 0 Å². The van der Waals surface area contributed by atoms with Crippen LogP contribution < -0.4 is 22.1 Å². The predicted octanol–water partition coefficient (Wildman–Crippen LogP) is 0.544. The van der Waals surface area contributed by atoms with E-state index in [1.54, 1.807) is 12.1 Å². The van der Waals surface area contributed by atoms with Gasteiger partial charge < -0.3 is 26.8 Å². The summed E-state index contributed by atoms with van der Waals surface area (Å²) in [6, 6.07) is 4.81. The number of esters is 1. The third kappa shape index (κ3) is 5.04. The maximum atomic E-state index is 12.5. The molecule has 1 aliphatic carbocycles.